The Labute approximate surface area is 108 Å². The lowest BCUT2D eigenvalue weighted by Crippen LogP contribution is -2.52. The number of carbonyl (C=O) groups excluding carboxylic acids is 1. The molecule has 1 fully saturated rings. The van der Waals surface area contributed by atoms with Crippen molar-refractivity contribution in [3.8, 4) is 0 Å². The summed E-state index contributed by atoms with van der Waals surface area (Å²) in [5, 5.41) is 7.37. The lowest BCUT2D eigenvalue weighted by atomic mass is 9.89. The molecule has 2 rings (SSSR count). The molecule has 0 aliphatic carbocycles. The van der Waals surface area contributed by atoms with Crippen molar-refractivity contribution in [3.05, 3.63) is 17.5 Å². The molecule has 1 amide bonds. The molecule has 2 heterocycles. The molecule has 0 atom stereocenters. The highest BCUT2D eigenvalue weighted by Crippen LogP contribution is 2.21. The smallest absolute Gasteiger partial charge is 0.255 e. The summed E-state index contributed by atoms with van der Waals surface area (Å²) in [5.41, 5.74) is 1.37. The largest absolute Gasteiger partial charge is 0.347 e. The molecule has 100 valence electrons. The molecule has 0 saturated carbocycles. The Balaban J connectivity index is 2.05. The fourth-order valence-corrected chi connectivity index (χ4v) is 2.40. The highest BCUT2D eigenvalue weighted by atomic mass is 16.1. The van der Waals surface area contributed by atoms with Crippen LogP contribution in [0.1, 0.15) is 35.8 Å². The quantitative estimate of drug-likeness (QED) is 0.850. The first kappa shape index (κ1) is 13.1. The molecule has 18 heavy (non-hydrogen) atoms. The van der Waals surface area contributed by atoms with Crippen LogP contribution in [0.15, 0.2) is 6.20 Å². The van der Waals surface area contributed by atoms with E-state index in [1.165, 1.54) is 0 Å². The summed E-state index contributed by atoms with van der Waals surface area (Å²) in [5.74, 6) is -0.00680. The maximum Gasteiger partial charge on any atom is 0.255 e. The van der Waals surface area contributed by atoms with Gasteiger partial charge in [0.15, 0.2) is 0 Å². The van der Waals surface area contributed by atoms with Crippen molar-refractivity contribution in [2.45, 2.75) is 32.2 Å². The Morgan fingerprint density at radius 1 is 1.39 bits per heavy atom. The average Bonchev–Trinajstić information content (AvgIpc) is 2.63. The molecule has 0 spiro atoms. The van der Waals surface area contributed by atoms with Crippen molar-refractivity contribution in [2.75, 3.05) is 20.1 Å². The maximum absolute atomic E-state index is 12.3. The van der Waals surface area contributed by atoms with Gasteiger partial charge in [0.05, 0.1) is 11.3 Å². The summed E-state index contributed by atoms with van der Waals surface area (Å²) in [7, 11) is 3.95. The van der Waals surface area contributed by atoms with Crippen LogP contribution >= 0.6 is 0 Å². The van der Waals surface area contributed by atoms with Crippen molar-refractivity contribution in [3.63, 3.8) is 0 Å². The van der Waals surface area contributed by atoms with E-state index in [9.17, 15) is 4.79 Å². The van der Waals surface area contributed by atoms with E-state index in [-0.39, 0.29) is 11.4 Å². The monoisotopic (exact) mass is 250 g/mol. The van der Waals surface area contributed by atoms with Crippen LogP contribution < -0.4 is 5.32 Å². The van der Waals surface area contributed by atoms with Crippen molar-refractivity contribution in [1.82, 2.24) is 20.0 Å². The highest BCUT2D eigenvalue weighted by Gasteiger charge is 2.31. The molecule has 1 aliphatic heterocycles. The second-order valence-electron chi connectivity index (χ2n) is 5.62. The molecule has 5 nitrogen and oxygen atoms in total. The maximum atomic E-state index is 12.3. The van der Waals surface area contributed by atoms with Gasteiger partial charge in [-0.25, -0.2) is 0 Å². The van der Waals surface area contributed by atoms with Gasteiger partial charge in [0.1, 0.15) is 0 Å². The van der Waals surface area contributed by atoms with Gasteiger partial charge in [-0.3, -0.25) is 9.48 Å². The van der Waals surface area contributed by atoms with Gasteiger partial charge in [-0.2, -0.15) is 5.10 Å². The zero-order valence-corrected chi connectivity index (χ0v) is 11.7. The van der Waals surface area contributed by atoms with E-state index in [4.69, 9.17) is 0 Å². The molecular formula is C13H22N4O. The molecule has 1 aromatic rings. The molecule has 0 aromatic carbocycles. The van der Waals surface area contributed by atoms with E-state index < -0.39 is 0 Å². The Morgan fingerprint density at radius 2 is 2.00 bits per heavy atom. The molecule has 1 N–H and O–H groups in total. The van der Waals surface area contributed by atoms with Crippen LogP contribution in [0.2, 0.25) is 0 Å². The number of aryl methyl sites for hydroxylation is 2. The van der Waals surface area contributed by atoms with Crippen LogP contribution in [0.4, 0.5) is 0 Å². The number of likely N-dealkylation sites (tertiary alicyclic amines) is 1. The summed E-state index contributed by atoms with van der Waals surface area (Å²) in [6, 6.07) is 0. The third kappa shape index (κ3) is 2.72. The van der Waals surface area contributed by atoms with Gasteiger partial charge in [0.25, 0.3) is 5.91 Å². The van der Waals surface area contributed by atoms with Gasteiger partial charge >= 0.3 is 0 Å². The van der Waals surface area contributed by atoms with Gasteiger partial charge in [0.2, 0.25) is 0 Å². The lowest BCUT2D eigenvalue weighted by molar-refractivity contribution is 0.0851. The number of nitrogens with one attached hydrogen (secondary N) is 1. The minimum atomic E-state index is -0.0914. The second kappa shape index (κ2) is 4.72. The first-order valence-corrected chi connectivity index (χ1v) is 6.41. The first-order chi connectivity index (χ1) is 8.39. The van der Waals surface area contributed by atoms with E-state index in [2.05, 4.69) is 29.3 Å². The topological polar surface area (TPSA) is 50.2 Å². The number of hydrogen-bond acceptors (Lipinski definition) is 3. The molecule has 1 aromatic heterocycles. The predicted octanol–water partition coefficient (Wildman–Crippen LogP) is 0.943. The normalized spacial score (nSPS) is 19.8. The summed E-state index contributed by atoms with van der Waals surface area (Å²) in [4.78, 5) is 14.6. The molecule has 1 aliphatic rings. The van der Waals surface area contributed by atoms with Gasteiger partial charge in [-0.15, -0.1) is 0 Å². The summed E-state index contributed by atoms with van der Waals surface area (Å²) < 4.78 is 1.68. The van der Waals surface area contributed by atoms with Crippen LogP contribution in [0.3, 0.4) is 0 Å². The zero-order chi connectivity index (χ0) is 13.3. The average molecular weight is 250 g/mol. The number of piperidine rings is 1. The molecule has 0 unspecified atom stereocenters. The fourth-order valence-electron chi connectivity index (χ4n) is 2.40. The second-order valence-corrected chi connectivity index (χ2v) is 5.62. The summed E-state index contributed by atoms with van der Waals surface area (Å²) >= 11 is 0. The number of aromatic nitrogens is 2. The fraction of sp³-hybridized carbons (Fsp3) is 0.692. The van der Waals surface area contributed by atoms with Crippen LogP contribution in [0.5, 0.6) is 0 Å². The number of amides is 1. The molecule has 0 bridgehead atoms. The van der Waals surface area contributed by atoms with Crippen LogP contribution in [-0.4, -0.2) is 46.3 Å². The number of hydrogen-bond donors (Lipinski definition) is 1. The van der Waals surface area contributed by atoms with Crippen molar-refractivity contribution < 1.29 is 4.79 Å². The van der Waals surface area contributed by atoms with E-state index >= 15 is 0 Å². The Morgan fingerprint density at radius 3 is 2.50 bits per heavy atom. The minimum Gasteiger partial charge on any atom is -0.347 e. The summed E-state index contributed by atoms with van der Waals surface area (Å²) in [6.45, 7) is 6.06. The number of rotatable bonds is 2. The Bertz CT molecular complexity index is 444. The molecule has 0 radical (unpaired) electrons. The van der Waals surface area contributed by atoms with Crippen molar-refractivity contribution in [2.24, 2.45) is 7.05 Å². The van der Waals surface area contributed by atoms with Gasteiger partial charge in [0, 0.05) is 31.9 Å². The van der Waals surface area contributed by atoms with E-state index in [0.717, 1.165) is 31.6 Å². The van der Waals surface area contributed by atoms with E-state index in [1.54, 1.807) is 10.9 Å². The van der Waals surface area contributed by atoms with E-state index in [0.29, 0.717) is 5.56 Å². The third-order valence-corrected chi connectivity index (χ3v) is 3.76. The van der Waals surface area contributed by atoms with Crippen LogP contribution in [0.25, 0.3) is 0 Å². The summed E-state index contributed by atoms with van der Waals surface area (Å²) in [6.07, 6.45) is 3.77. The van der Waals surface area contributed by atoms with Gasteiger partial charge < -0.3 is 10.2 Å². The number of carbonyl (C=O) groups is 1. The Hall–Kier alpha value is -1.36. The van der Waals surface area contributed by atoms with Crippen LogP contribution in [-0.2, 0) is 7.05 Å². The van der Waals surface area contributed by atoms with Crippen molar-refractivity contribution in [1.29, 1.82) is 0 Å². The van der Waals surface area contributed by atoms with Crippen molar-refractivity contribution >= 4 is 5.91 Å². The van der Waals surface area contributed by atoms with Gasteiger partial charge in [-0.1, -0.05) is 0 Å². The first-order valence-electron chi connectivity index (χ1n) is 6.41. The van der Waals surface area contributed by atoms with E-state index in [1.807, 2.05) is 14.0 Å². The third-order valence-electron chi connectivity index (χ3n) is 3.76. The van der Waals surface area contributed by atoms with Gasteiger partial charge in [-0.05, 0) is 33.7 Å². The standard InChI is InChI=1S/C13H22N4O/c1-10-11(9-17(4)15-10)12(18)14-13(2)5-7-16(3)8-6-13/h9H,5-8H2,1-4H3,(H,14,18). The Kier molecular flexibility index (Phi) is 3.43. The van der Waals surface area contributed by atoms with Crippen LogP contribution in [0, 0.1) is 6.92 Å². The number of nitrogens with zero attached hydrogens (tertiary/aromatic N) is 3. The molecule has 5 heteroatoms. The molecular weight excluding hydrogens is 228 g/mol. The zero-order valence-electron chi connectivity index (χ0n) is 11.7. The SMILES string of the molecule is Cc1nn(C)cc1C(=O)NC1(C)CCN(C)CC1. The highest BCUT2D eigenvalue weighted by molar-refractivity contribution is 5.95. The lowest BCUT2D eigenvalue weighted by Gasteiger charge is -2.38. The predicted molar refractivity (Wildman–Crippen MR) is 70.5 cm³/mol. The molecule has 1 saturated heterocycles. The minimum absolute atomic E-state index is 0.00680.